The highest BCUT2D eigenvalue weighted by Crippen LogP contribution is 2.23. The Morgan fingerprint density at radius 1 is 0.900 bits per heavy atom. The van der Waals surface area contributed by atoms with E-state index in [1.54, 1.807) is 6.92 Å². The van der Waals surface area contributed by atoms with Crippen LogP contribution in [0.4, 0.5) is 0 Å². The molecule has 2 heteroatoms. The van der Waals surface area contributed by atoms with Gasteiger partial charge in [0.15, 0.2) is 0 Å². The molecule has 0 fully saturated rings. The predicted octanol–water partition coefficient (Wildman–Crippen LogP) is 5.46. The lowest BCUT2D eigenvalue weighted by atomic mass is 9.89. The van der Waals surface area contributed by atoms with Crippen LogP contribution in [0, 0.1) is 5.92 Å². The van der Waals surface area contributed by atoms with E-state index in [0.29, 0.717) is 6.04 Å². The van der Waals surface area contributed by atoms with Crippen molar-refractivity contribution in [1.29, 1.82) is 0 Å². The van der Waals surface area contributed by atoms with E-state index in [2.05, 4.69) is 26.1 Å². The fraction of sp³-hybridized carbons (Fsp3) is 0.944. The molecular weight excluding hydrogens is 246 g/mol. The Labute approximate surface area is 127 Å². The van der Waals surface area contributed by atoms with Gasteiger partial charge in [0.2, 0.25) is 5.91 Å². The average molecular weight is 284 g/mol. The Bertz CT molecular complexity index is 215. The summed E-state index contributed by atoms with van der Waals surface area (Å²) in [5.41, 5.74) is 0. The molecule has 2 nitrogen and oxygen atoms in total. The van der Waals surface area contributed by atoms with E-state index in [1.165, 1.54) is 64.2 Å². The lowest BCUT2D eigenvalue weighted by Gasteiger charge is -2.21. The van der Waals surface area contributed by atoms with Crippen molar-refractivity contribution >= 4 is 5.91 Å². The third kappa shape index (κ3) is 12.5. The van der Waals surface area contributed by atoms with Crippen LogP contribution < -0.4 is 5.32 Å². The highest BCUT2D eigenvalue weighted by atomic mass is 16.1. The summed E-state index contributed by atoms with van der Waals surface area (Å²) >= 11 is 0. The van der Waals surface area contributed by atoms with Crippen molar-refractivity contribution in [2.45, 2.75) is 104 Å². The maximum Gasteiger partial charge on any atom is 0.217 e. The maximum atomic E-state index is 11.1. The van der Waals surface area contributed by atoms with E-state index >= 15 is 0 Å². The smallest absolute Gasteiger partial charge is 0.217 e. The first-order chi connectivity index (χ1) is 9.60. The van der Waals surface area contributed by atoms with Crippen molar-refractivity contribution in [3.8, 4) is 0 Å². The number of unbranched alkanes of at least 4 members (excludes halogenated alkanes) is 6. The van der Waals surface area contributed by atoms with E-state index in [-0.39, 0.29) is 5.91 Å². The standard InChI is InChI=1S/C18H37NO/c1-5-7-9-11-13-18(14-12-10-8-6-2)15-16(3)19-17(4)20/h16,18H,5-15H2,1-4H3,(H,19,20)/t16-/m1/s1. The average Bonchev–Trinajstić information content (AvgIpc) is 2.38. The fourth-order valence-corrected chi connectivity index (χ4v) is 3.01. The highest BCUT2D eigenvalue weighted by molar-refractivity contribution is 5.73. The summed E-state index contributed by atoms with van der Waals surface area (Å²) in [4.78, 5) is 11.1. The number of rotatable bonds is 13. The molecule has 0 aromatic carbocycles. The lowest BCUT2D eigenvalue weighted by molar-refractivity contribution is -0.119. The molecule has 0 aliphatic carbocycles. The molecule has 120 valence electrons. The van der Waals surface area contributed by atoms with Crippen LogP contribution >= 0.6 is 0 Å². The zero-order chi connectivity index (χ0) is 15.2. The molecule has 1 amide bonds. The predicted molar refractivity (Wildman–Crippen MR) is 88.9 cm³/mol. The van der Waals surface area contributed by atoms with E-state index in [0.717, 1.165) is 12.3 Å². The van der Waals surface area contributed by atoms with Crippen LogP contribution in [0.2, 0.25) is 0 Å². The SMILES string of the molecule is CCCCCCC(CCCCCC)C[C@@H](C)NC(C)=O. The summed E-state index contributed by atoms with van der Waals surface area (Å²) in [6.45, 7) is 8.29. The van der Waals surface area contributed by atoms with Gasteiger partial charge in [-0.3, -0.25) is 4.79 Å². The summed E-state index contributed by atoms with van der Waals surface area (Å²) in [6.07, 6.45) is 14.6. The quantitative estimate of drug-likeness (QED) is 0.447. The van der Waals surface area contributed by atoms with Gasteiger partial charge in [0.05, 0.1) is 0 Å². The van der Waals surface area contributed by atoms with Crippen LogP contribution in [0.5, 0.6) is 0 Å². The molecule has 1 atom stereocenters. The third-order valence-electron chi connectivity index (χ3n) is 4.07. The van der Waals surface area contributed by atoms with Gasteiger partial charge in [-0.15, -0.1) is 0 Å². The van der Waals surface area contributed by atoms with Crippen molar-refractivity contribution in [3.05, 3.63) is 0 Å². The molecule has 20 heavy (non-hydrogen) atoms. The number of nitrogens with one attached hydrogen (secondary N) is 1. The molecule has 0 saturated carbocycles. The summed E-state index contributed by atoms with van der Waals surface area (Å²) in [5.74, 6) is 0.902. The molecule has 0 spiro atoms. The Hall–Kier alpha value is -0.530. The summed E-state index contributed by atoms with van der Waals surface area (Å²) < 4.78 is 0. The third-order valence-corrected chi connectivity index (χ3v) is 4.07. The molecular formula is C18H37NO. The minimum absolute atomic E-state index is 0.105. The van der Waals surface area contributed by atoms with E-state index in [1.807, 2.05) is 0 Å². The van der Waals surface area contributed by atoms with E-state index in [9.17, 15) is 4.79 Å². The minimum atomic E-state index is 0.105. The van der Waals surface area contributed by atoms with Gasteiger partial charge in [0, 0.05) is 13.0 Å². The van der Waals surface area contributed by atoms with Gasteiger partial charge >= 0.3 is 0 Å². The van der Waals surface area contributed by atoms with Crippen LogP contribution in [-0.4, -0.2) is 11.9 Å². The minimum Gasteiger partial charge on any atom is -0.354 e. The van der Waals surface area contributed by atoms with Crippen LogP contribution in [0.3, 0.4) is 0 Å². The molecule has 0 aromatic rings. The first-order valence-corrected chi connectivity index (χ1v) is 8.87. The van der Waals surface area contributed by atoms with Crippen molar-refractivity contribution < 1.29 is 4.79 Å². The number of carbonyl (C=O) groups excluding carboxylic acids is 1. The topological polar surface area (TPSA) is 29.1 Å². The van der Waals surface area contributed by atoms with Crippen LogP contribution in [0.1, 0.15) is 98.3 Å². The van der Waals surface area contributed by atoms with Crippen LogP contribution in [0.25, 0.3) is 0 Å². The summed E-state index contributed by atoms with van der Waals surface area (Å²) in [6, 6.07) is 0.329. The van der Waals surface area contributed by atoms with Crippen molar-refractivity contribution in [2.75, 3.05) is 0 Å². The molecule has 0 aliphatic rings. The van der Waals surface area contributed by atoms with Gasteiger partial charge in [-0.25, -0.2) is 0 Å². The monoisotopic (exact) mass is 283 g/mol. The number of amides is 1. The van der Waals surface area contributed by atoms with E-state index in [4.69, 9.17) is 0 Å². The number of hydrogen-bond donors (Lipinski definition) is 1. The number of carbonyl (C=O) groups is 1. The zero-order valence-corrected chi connectivity index (χ0v) is 14.3. The summed E-state index contributed by atoms with van der Waals surface area (Å²) in [5, 5.41) is 3.04. The van der Waals surface area contributed by atoms with E-state index < -0.39 is 0 Å². The molecule has 0 aromatic heterocycles. The molecule has 0 rings (SSSR count). The molecule has 1 N–H and O–H groups in total. The van der Waals surface area contributed by atoms with Crippen LogP contribution in [0.15, 0.2) is 0 Å². The second kappa shape index (κ2) is 13.5. The van der Waals surface area contributed by atoms with Gasteiger partial charge < -0.3 is 5.32 Å². The highest BCUT2D eigenvalue weighted by Gasteiger charge is 2.13. The molecule has 0 saturated heterocycles. The molecule has 0 radical (unpaired) electrons. The Morgan fingerprint density at radius 3 is 1.80 bits per heavy atom. The van der Waals surface area contributed by atoms with Crippen LogP contribution in [-0.2, 0) is 4.79 Å². The van der Waals surface area contributed by atoms with Gasteiger partial charge in [0.1, 0.15) is 0 Å². The first-order valence-electron chi connectivity index (χ1n) is 8.87. The van der Waals surface area contributed by atoms with Crippen molar-refractivity contribution in [3.63, 3.8) is 0 Å². The normalized spacial score (nSPS) is 12.7. The summed E-state index contributed by atoms with van der Waals surface area (Å²) in [7, 11) is 0. The van der Waals surface area contributed by atoms with Gasteiger partial charge in [0.25, 0.3) is 0 Å². The Morgan fingerprint density at radius 2 is 1.40 bits per heavy atom. The first kappa shape index (κ1) is 19.5. The maximum absolute atomic E-state index is 11.1. The van der Waals surface area contributed by atoms with Crippen molar-refractivity contribution in [1.82, 2.24) is 5.32 Å². The van der Waals surface area contributed by atoms with Gasteiger partial charge in [-0.1, -0.05) is 78.1 Å². The molecule has 0 aliphatic heterocycles. The second-order valence-electron chi connectivity index (χ2n) is 6.40. The van der Waals surface area contributed by atoms with Crippen molar-refractivity contribution in [2.24, 2.45) is 5.92 Å². The van der Waals surface area contributed by atoms with Gasteiger partial charge in [-0.05, 0) is 19.3 Å². The fourth-order valence-electron chi connectivity index (χ4n) is 3.01. The van der Waals surface area contributed by atoms with Gasteiger partial charge in [-0.2, -0.15) is 0 Å². The zero-order valence-electron chi connectivity index (χ0n) is 14.3. The Balaban J connectivity index is 3.98. The largest absolute Gasteiger partial charge is 0.354 e. The molecule has 0 unspecified atom stereocenters. The molecule has 0 bridgehead atoms. The second-order valence-corrected chi connectivity index (χ2v) is 6.40. The molecule has 0 heterocycles. The number of hydrogen-bond acceptors (Lipinski definition) is 1. The lowest BCUT2D eigenvalue weighted by Crippen LogP contribution is -2.32. The Kier molecular flexibility index (Phi) is 13.1.